The maximum absolute atomic E-state index is 13.0. The van der Waals surface area contributed by atoms with E-state index >= 15 is 0 Å². The molecule has 112 valence electrons. The van der Waals surface area contributed by atoms with Crippen LogP contribution in [0.3, 0.4) is 0 Å². The summed E-state index contributed by atoms with van der Waals surface area (Å²) in [6.07, 6.45) is 3.39. The summed E-state index contributed by atoms with van der Waals surface area (Å²) >= 11 is 0. The second kappa shape index (κ2) is 7.24. The molecule has 0 radical (unpaired) electrons. The van der Waals surface area contributed by atoms with Crippen molar-refractivity contribution in [3.8, 4) is 0 Å². The fourth-order valence-corrected chi connectivity index (χ4v) is 2.52. The number of aliphatic imine (C=N–C) groups is 1. The van der Waals surface area contributed by atoms with E-state index in [1.165, 1.54) is 24.1 Å². The number of nitrogens with zero attached hydrogens (tertiary/aromatic N) is 1. The highest BCUT2D eigenvalue weighted by Crippen LogP contribution is 2.43. The predicted octanol–water partition coefficient (Wildman–Crippen LogP) is 3.18. The molecule has 0 spiro atoms. The third-order valence-corrected chi connectivity index (χ3v) is 3.76. The minimum atomic E-state index is -0.192. The number of hydrogen-bond acceptors (Lipinski definition) is 1. The van der Waals surface area contributed by atoms with E-state index in [4.69, 9.17) is 5.73 Å². The topological polar surface area (TPSA) is 50.4 Å². The van der Waals surface area contributed by atoms with Gasteiger partial charge in [0.25, 0.3) is 0 Å². The summed E-state index contributed by atoms with van der Waals surface area (Å²) in [5, 5.41) is 3.09. The van der Waals surface area contributed by atoms with Gasteiger partial charge in [0.15, 0.2) is 5.96 Å². The van der Waals surface area contributed by atoms with Crippen molar-refractivity contribution in [2.75, 3.05) is 6.54 Å². The summed E-state index contributed by atoms with van der Waals surface area (Å²) < 4.78 is 13.0. The number of hydrogen-bond donors (Lipinski definition) is 2. The predicted molar refractivity (Wildman–Crippen MR) is 92.1 cm³/mol. The van der Waals surface area contributed by atoms with Crippen molar-refractivity contribution >= 4 is 29.9 Å². The van der Waals surface area contributed by atoms with Crippen LogP contribution >= 0.6 is 24.0 Å². The maximum Gasteiger partial charge on any atom is 0.188 e. The first-order valence-corrected chi connectivity index (χ1v) is 6.84. The standard InChI is InChI=1S/C15H22FN3.HI/c1-11(2)19-14(17)18-10-15(8-3-9-15)12-4-6-13(16)7-5-12;/h4-7,11H,3,8-10H2,1-2H3,(H3,17,18,19);1H. The Bertz CT molecular complexity index is 453. The lowest BCUT2D eigenvalue weighted by Crippen LogP contribution is -2.41. The SMILES string of the molecule is CC(C)NC(N)=NCC1(c2ccc(F)cc2)CCC1.I. The molecule has 1 aliphatic rings. The fourth-order valence-electron chi connectivity index (χ4n) is 2.52. The van der Waals surface area contributed by atoms with Gasteiger partial charge in [-0.15, -0.1) is 24.0 Å². The molecule has 0 amide bonds. The van der Waals surface area contributed by atoms with Crippen LogP contribution in [0.5, 0.6) is 0 Å². The van der Waals surface area contributed by atoms with Crippen LogP contribution in [0, 0.1) is 5.82 Å². The van der Waals surface area contributed by atoms with E-state index in [1.54, 1.807) is 0 Å². The lowest BCUT2D eigenvalue weighted by molar-refractivity contribution is 0.253. The van der Waals surface area contributed by atoms with Crippen LogP contribution in [0.1, 0.15) is 38.7 Å². The Morgan fingerprint density at radius 1 is 1.35 bits per heavy atom. The molecular formula is C15H23FIN3. The van der Waals surface area contributed by atoms with Gasteiger partial charge in [0.1, 0.15) is 5.82 Å². The molecule has 0 aliphatic heterocycles. The zero-order valence-electron chi connectivity index (χ0n) is 12.0. The van der Waals surface area contributed by atoms with E-state index in [2.05, 4.69) is 10.3 Å². The van der Waals surface area contributed by atoms with Gasteiger partial charge in [-0.1, -0.05) is 18.6 Å². The van der Waals surface area contributed by atoms with Crippen molar-refractivity contribution < 1.29 is 4.39 Å². The molecule has 0 aromatic heterocycles. The molecule has 1 aliphatic carbocycles. The molecule has 0 heterocycles. The summed E-state index contributed by atoms with van der Waals surface area (Å²) in [4.78, 5) is 4.45. The van der Waals surface area contributed by atoms with Crippen molar-refractivity contribution in [3.05, 3.63) is 35.6 Å². The first kappa shape index (κ1) is 17.2. The molecule has 0 bridgehead atoms. The molecule has 2 rings (SSSR count). The normalized spacial score (nSPS) is 17.3. The van der Waals surface area contributed by atoms with Crippen LogP contribution < -0.4 is 11.1 Å². The molecule has 0 saturated heterocycles. The number of nitrogens with one attached hydrogen (secondary N) is 1. The summed E-state index contributed by atoms with van der Waals surface area (Å²) in [5.74, 6) is 0.297. The number of nitrogens with two attached hydrogens (primary N) is 1. The summed E-state index contributed by atoms with van der Waals surface area (Å²) in [7, 11) is 0. The Balaban J connectivity index is 0.00000200. The number of rotatable bonds is 4. The first-order chi connectivity index (χ1) is 9.02. The first-order valence-electron chi connectivity index (χ1n) is 6.84. The minimum absolute atomic E-state index is 0. The van der Waals surface area contributed by atoms with Crippen LogP contribution in [0.2, 0.25) is 0 Å². The molecule has 1 aromatic rings. The molecule has 1 saturated carbocycles. The third kappa shape index (κ3) is 4.07. The highest BCUT2D eigenvalue weighted by molar-refractivity contribution is 14.0. The van der Waals surface area contributed by atoms with Crippen molar-refractivity contribution in [1.82, 2.24) is 5.32 Å². The Labute approximate surface area is 137 Å². The molecule has 5 heteroatoms. The summed E-state index contributed by atoms with van der Waals surface area (Å²) in [6.45, 7) is 4.73. The van der Waals surface area contributed by atoms with Crippen molar-refractivity contribution in [2.24, 2.45) is 10.7 Å². The van der Waals surface area contributed by atoms with Gasteiger partial charge in [0.2, 0.25) is 0 Å². The van der Waals surface area contributed by atoms with E-state index in [1.807, 2.05) is 26.0 Å². The second-order valence-corrected chi connectivity index (χ2v) is 5.64. The zero-order valence-corrected chi connectivity index (χ0v) is 14.4. The Morgan fingerprint density at radius 2 is 1.95 bits per heavy atom. The van der Waals surface area contributed by atoms with Gasteiger partial charge >= 0.3 is 0 Å². The Hall–Kier alpha value is -0.850. The average Bonchev–Trinajstić information content (AvgIpc) is 2.29. The van der Waals surface area contributed by atoms with Gasteiger partial charge in [-0.2, -0.15) is 0 Å². The van der Waals surface area contributed by atoms with Gasteiger partial charge in [-0.25, -0.2) is 4.39 Å². The molecule has 1 fully saturated rings. The molecule has 0 unspecified atom stereocenters. The fraction of sp³-hybridized carbons (Fsp3) is 0.533. The highest BCUT2D eigenvalue weighted by atomic mass is 127. The lowest BCUT2D eigenvalue weighted by Gasteiger charge is -2.41. The van der Waals surface area contributed by atoms with Crippen LogP contribution in [-0.4, -0.2) is 18.5 Å². The molecule has 3 nitrogen and oxygen atoms in total. The van der Waals surface area contributed by atoms with Gasteiger partial charge < -0.3 is 11.1 Å². The van der Waals surface area contributed by atoms with Crippen molar-refractivity contribution in [3.63, 3.8) is 0 Å². The van der Waals surface area contributed by atoms with E-state index in [0.29, 0.717) is 12.5 Å². The quantitative estimate of drug-likeness (QED) is 0.471. The van der Waals surface area contributed by atoms with Gasteiger partial charge in [0, 0.05) is 11.5 Å². The number of benzene rings is 1. The van der Waals surface area contributed by atoms with Crippen LogP contribution in [-0.2, 0) is 5.41 Å². The highest BCUT2D eigenvalue weighted by Gasteiger charge is 2.38. The maximum atomic E-state index is 13.0. The average molecular weight is 391 g/mol. The van der Waals surface area contributed by atoms with Gasteiger partial charge in [0.05, 0.1) is 6.54 Å². The van der Waals surface area contributed by atoms with E-state index in [0.717, 1.165) is 12.8 Å². The monoisotopic (exact) mass is 391 g/mol. The van der Waals surface area contributed by atoms with Crippen LogP contribution in [0.4, 0.5) is 4.39 Å². The largest absolute Gasteiger partial charge is 0.370 e. The molecule has 3 N–H and O–H groups in total. The smallest absolute Gasteiger partial charge is 0.188 e. The minimum Gasteiger partial charge on any atom is -0.370 e. The molecule has 1 aromatic carbocycles. The van der Waals surface area contributed by atoms with Crippen LogP contribution in [0.15, 0.2) is 29.3 Å². The molecule has 0 atom stereocenters. The Kier molecular flexibility index (Phi) is 6.23. The van der Waals surface area contributed by atoms with Gasteiger partial charge in [-0.05, 0) is 44.4 Å². The van der Waals surface area contributed by atoms with E-state index in [9.17, 15) is 4.39 Å². The van der Waals surface area contributed by atoms with Crippen molar-refractivity contribution in [2.45, 2.75) is 44.6 Å². The van der Waals surface area contributed by atoms with Crippen LogP contribution in [0.25, 0.3) is 0 Å². The number of halogens is 2. The number of guanidine groups is 1. The second-order valence-electron chi connectivity index (χ2n) is 5.64. The van der Waals surface area contributed by atoms with E-state index < -0.39 is 0 Å². The zero-order chi connectivity index (χ0) is 13.9. The molecular weight excluding hydrogens is 368 g/mol. The van der Waals surface area contributed by atoms with Gasteiger partial charge in [-0.3, -0.25) is 4.99 Å². The summed E-state index contributed by atoms with van der Waals surface area (Å²) in [6, 6.07) is 7.07. The lowest BCUT2D eigenvalue weighted by atomic mass is 9.64. The molecule has 20 heavy (non-hydrogen) atoms. The third-order valence-electron chi connectivity index (χ3n) is 3.76. The summed E-state index contributed by atoms with van der Waals surface area (Å²) in [5.41, 5.74) is 7.06. The van der Waals surface area contributed by atoms with E-state index in [-0.39, 0.29) is 41.3 Å². The van der Waals surface area contributed by atoms with Crippen molar-refractivity contribution in [1.29, 1.82) is 0 Å². The Morgan fingerprint density at radius 3 is 2.40 bits per heavy atom.